The molecule has 0 bridgehead atoms. The zero-order valence-electron chi connectivity index (χ0n) is 14.7. The summed E-state index contributed by atoms with van der Waals surface area (Å²) in [6.45, 7) is 2.85. The fourth-order valence-electron chi connectivity index (χ4n) is 2.90. The number of sulfonamides is 1. The lowest BCUT2D eigenvalue weighted by molar-refractivity contribution is 0.0946. The molecule has 0 saturated carbocycles. The molecule has 1 N–H and O–H groups in total. The standard InChI is InChI=1S/C16H21N5O4S/c1-11-9-13(3-6-17-11)16(22)18-10-14-19-15(20-25-14)12-4-7-21(8-5-12)26(2,23)24/h3,6,9,12H,4-5,7-8,10H2,1-2H3,(H,18,22). The van der Waals surface area contributed by atoms with E-state index in [1.165, 1.54) is 10.6 Å². The molecule has 1 fully saturated rings. The van der Waals surface area contributed by atoms with Crippen molar-refractivity contribution < 1.29 is 17.7 Å². The second-order valence-electron chi connectivity index (χ2n) is 6.35. The Hall–Kier alpha value is -2.33. The third kappa shape index (κ3) is 4.44. The molecule has 3 rings (SSSR count). The second-order valence-corrected chi connectivity index (χ2v) is 8.33. The Kier molecular flexibility index (Phi) is 5.33. The van der Waals surface area contributed by atoms with Crippen LogP contribution in [0.15, 0.2) is 22.9 Å². The lowest BCUT2D eigenvalue weighted by Gasteiger charge is -2.28. The number of hydrogen-bond acceptors (Lipinski definition) is 7. The molecule has 0 unspecified atom stereocenters. The Morgan fingerprint density at radius 1 is 1.38 bits per heavy atom. The van der Waals surface area contributed by atoms with Crippen LogP contribution in [0.3, 0.4) is 0 Å². The third-order valence-corrected chi connectivity index (χ3v) is 5.63. The molecule has 0 aliphatic carbocycles. The molecular weight excluding hydrogens is 358 g/mol. The summed E-state index contributed by atoms with van der Waals surface area (Å²) in [7, 11) is -3.16. The SMILES string of the molecule is Cc1cc(C(=O)NCc2nc(C3CCN(S(C)(=O)=O)CC3)no2)ccn1. The van der Waals surface area contributed by atoms with Crippen LogP contribution in [-0.4, -0.2) is 53.1 Å². The van der Waals surface area contributed by atoms with Crippen molar-refractivity contribution in [2.75, 3.05) is 19.3 Å². The first-order chi connectivity index (χ1) is 12.3. The normalized spacial score (nSPS) is 16.5. The summed E-state index contributed by atoms with van der Waals surface area (Å²) >= 11 is 0. The molecular formula is C16H21N5O4S. The van der Waals surface area contributed by atoms with Gasteiger partial charge in [-0.3, -0.25) is 9.78 Å². The van der Waals surface area contributed by atoms with Gasteiger partial charge in [-0.25, -0.2) is 12.7 Å². The minimum Gasteiger partial charge on any atom is -0.343 e. The highest BCUT2D eigenvalue weighted by atomic mass is 32.2. The van der Waals surface area contributed by atoms with Crippen molar-refractivity contribution in [1.29, 1.82) is 0 Å². The van der Waals surface area contributed by atoms with E-state index in [1.807, 2.05) is 6.92 Å². The summed E-state index contributed by atoms with van der Waals surface area (Å²) < 4.78 is 29.8. The maximum Gasteiger partial charge on any atom is 0.251 e. The minimum atomic E-state index is -3.16. The van der Waals surface area contributed by atoms with Crippen molar-refractivity contribution >= 4 is 15.9 Å². The molecule has 140 valence electrons. The number of aromatic nitrogens is 3. The number of hydrogen-bond donors (Lipinski definition) is 1. The average Bonchev–Trinajstić information content (AvgIpc) is 3.08. The van der Waals surface area contributed by atoms with Gasteiger partial charge in [-0.05, 0) is 31.9 Å². The quantitative estimate of drug-likeness (QED) is 0.818. The predicted molar refractivity (Wildman–Crippen MR) is 92.8 cm³/mol. The van der Waals surface area contributed by atoms with Gasteiger partial charge in [-0.2, -0.15) is 4.98 Å². The Morgan fingerprint density at radius 2 is 2.12 bits per heavy atom. The van der Waals surface area contributed by atoms with Gasteiger partial charge in [-0.1, -0.05) is 5.16 Å². The Balaban J connectivity index is 1.55. The number of aryl methyl sites for hydroxylation is 1. The number of nitrogens with zero attached hydrogens (tertiary/aromatic N) is 4. The molecule has 1 aliphatic heterocycles. The summed E-state index contributed by atoms with van der Waals surface area (Å²) in [5.41, 5.74) is 1.28. The second kappa shape index (κ2) is 7.50. The highest BCUT2D eigenvalue weighted by Crippen LogP contribution is 2.26. The van der Waals surface area contributed by atoms with E-state index in [2.05, 4.69) is 20.4 Å². The molecule has 2 aromatic heterocycles. The summed E-state index contributed by atoms with van der Waals surface area (Å²) in [6.07, 6.45) is 4.09. The molecule has 3 heterocycles. The van der Waals surface area contributed by atoms with E-state index < -0.39 is 10.0 Å². The van der Waals surface area contributed by atoms with Crippen LogP contribution in [0, 0.1) is 6.92 Å². The highest BCUT2D eigenvalue weighted by Gasteiger charge is 2.28. The van der Waals surface area contributed by atoms with Crippen molar-refractivity contribution in [3.63, 3.8) is 0 Å². The summed E-state index contributed by atoms with van der Waals surface area (Å²) in [6, 6.07) is 3.33. The molecule has 0 aromatic carbocycles. The summed E-state index contributed by atoms with van der Waals surface area (Å²) in [4.78, 5) is 20.5. The zero-order valence-corrected chi connectivity index (χ0v) is 15.5. The van der Waals surface area contributed by atoms with Crippen LogP contribution in [0.5, 0.6) is 0 Å². The number of carbonyl (C=O) groups is 1. The zero-order chi connectivity index (χ0) is 18.7. The van der Waals surface area contributed by atoms with Crippen molar-refractivity contribution in [3.8, 4) is 0 Å². The number of piperidine rings is 1. The number of nitrogens with one attached hydrogen (secondary N) is 1. The van der Waals surface area contributed by atoms with Gasteiger partial charge in [0.1, 0.15) is 0 Å². The van der Waals surface area contributed by atoms with Crippen molar-refractivity contribution in [3.05, 3.63) is 41.3 Å². The molecule has 1 aliphatic rings. The Bertz CT molecular complexity index is 888. The lowest BCUT2D eigenvalue weighted by Crippen LogP contribution is -2.37. The van der Waals surface area contributed by atoms with Gasteiger partial charge in [0.15, 0.2) is 5.82 Å². The molecule has 10 heteroatoms. The number of amides is 1. The van der Waals surface area contributed by atoms with E-state index in [0.29, 0.717) is 43.2 Å². The molecule has 1 saturated heterocycles. The van der Waals surface area contributed by atoms with Crippen LogP contribution in [-0.2, 0) is 16.6 Å². The van der Waals surface area contributed by atoms with Crippen LogP contribution >= 0.6 is 0 Å². The number of rotatable bonds is 5. The Labute approximate surface area is 151 Å². The van der Waals surface area contributed by atoms with Gasteiger partial charge in [0.05, 0.1) is 12.8 Å². The number of carbonyl (C=O) groups excluding carboxylic acids is 1. The molecule has 2 aromatic rings. The minimum absolute atomic E-state index is 0.0593. The van der Waals surface area contributed by atoms with Gasteiger partial charge in [-0.15, -0.1) is 0 Å². The van der Waals surface area contributed by atoms with E-state index in [4.69, 9.17) is 4.52 Å². The van der Waals surface area contributed by atoms with Crippen LogP contribution in [0.2, 0.25) is 0 Å². The largest absolute Gasteiger partial charge is 0.343 e. The van der Waals surface area contributed by atoms with Gasteiger partial charge in [0.25, 0.3) is 5.91 Å². The van der Waals surface area contributed by atoms with Crippen LogP contribution in [0.25, 0.3) is 0 Å². The van der Waals surface area contributed by atoms with Crippen LogP contribution in [0.1, 0.15) is 46.5 Å². The first kappa shape index (κ1) is 18.5. The smallest absolute Gasteiger partial charge is 0.251 e. The maximum atomic E-state index is 12.1. The molecule has 0 atom stereocenters. The van der Waals surface area contributed by atoms with Gasteiger partial charge in [0, 0.05) is 36.5 Å². The average molecular weight is 379 g/mol. The van der Waals surface area contributed by atoms with Gasteiger partial charge < -0.3 is 9.84 Å². The van der Waals surface area contributed by atoms with Gasteiger partial charge in [0.2, 0.25) is 15.9 Å². The Morgan fingerprint density at radius 3 is 2.77 bits per heavy atom. The van der Waals surface area contributed by atoms with Crippen molar-refractivity contribution in [1.82, 2.24) is 24.7 Å². The topological polar surface area (TPSA) is 118 Å². The molecule has 0 radical (unpaired) electrons. The first-order valence-corrected chi connectivity index (χ1v) is 10.2. The predicted octanol–water partition coefficient (Wildman–Crippen LogP) is 0.842. The van der Waals surface area contributed by atoms with E-state index in [9.17, 15) is 13.2 Å². The molecule has 9 nitrogen and oxygen atoms in total. The monoisotopic (exact) mass is 379 g/mol. The fraction of sp³-hybridized carbons (Fsp3) is 0.500. The first-order valence-electron chi connectivity index (χ1n) is 8.31. The summed E-state index contributed by atoms with van der Waals surface area (Å²) in [5, 5.41) is 6.71. The third-order valence-electron chi connectivity index (χ3n) is 4.33. The maximum absolute atomic E-state index is 12.1. The lowest BCUT2D eigenvalue weighted by atomic mass is 9.98. The number of pyridine rings is 1. The van der Waals surface area contributed by atoms with E-state index in [1.54, 1.807) is 18.3 Å². The van der Waals surface area contributed by atoms with Crippen molar-refractivity contribution in [2.45, 2.75) is 32.2 Å². The fourth-order valence-corrected chi connectivity index (χ4v) is 3.77. The van der Waals surface area contributed by atoms with E-state index >= 15 is 0 Å². The van der Waals surface area contributed by atoms with E-state index in [-0.39, 0.29) is 18.4 Å². The van der Waals surface area contributed by atoms with Crippen LogP contribution in [0.4, 0.5) is 0 Å². The molecule has 26 heavy (non-hydrogen) atoms. The highest BCUT2D eigenvalue weighted by molar-refractivity contribution is 7.88. The molecule has 1 amide bonds. The van der Waals surface area contributed by atoms with E-state index in [0.717, 1.165) is 5.69 Å². The van der Waals surface area contributed by atoms with Gasteiger partial charge >= 0.3 is 0 Å². The van der Waals surface area contributed by atoms with Crippen LogP contribution < -0.4 is 5.32 Å². The molecule has 0 spiro atoms. The summed E-state index contributed by atoms with van der Waals surface area (Å²) in [5.74, 6) is 0.701. The van der Waals surface area contributed by atoms with Crippen molar-refractivity contribution in [2.24, 2.45) is 0 Å².